The van der Waals surface area contributed by atoms with Crippen molar-refractivity contribution in [3.05, 3.63) is 23.3 Å². The number of nitrogens with one attached hydrogen (secondary N) is 1. The molecule has 1 rings (SSSR count). The van der Waals surface area contributed by atoms with Crippen molar-refractivity contribution in [2.24, 2.45) is 11.8 Å². The van der Waals surface area contributed by atoms with Gasteiger partial charge in [0, 0.05) is 18.0 Å². The summed E-state index contributed by atoms with van der Waals surface area (Å²) in [6.07, 6.45) is 3.58. The third-order valence-corrected chi connectivity index (χ3v) is 3.97. The molecule has 0 unspecified atom stereocenters. The number of carbonyl (C=O) groups is 3. The zero-order valence-electron chi connectivity index (χ0n) is 12.6. The molecule has 0 aliphatic carbocycles. The molecule has 0 radical (unpaired) electrons. The quantitative estimate of drug-likeness (QED) is 0.410. The summed E-state index contributed by atoms with van der Waals surface area (Å²) in [6.45, 7) is 3.71. The van der Waals surface area contributed by atoms with E-state index in [1.807, 2.05) is 13.0 Å². The van der Waals surface area contributed by atoms with Crippen LogP contribution in [0.25, 0.3) is 0 Å². The Morgan fingerprint density at radius 3 is 2.27 bits per heavy atom. The van der Waals surface area contributed by atoms with Crippen molar-refractivity contribution in [3.63, 3.8) is 0 Å². The van der Waals surface area contributed by atoms with Gasteiger partial charge in [0.25, 0.3) is 0 Å². The highest BCUT2D eigenvalue weighted by Crippen LogP contribution is 2.31. The first-order valence-electron chi connectivity index (χ1n) is 6.98. The molecule has 0 saturated carbocycles. The lowest BCUT2D eigenvalue weighted by atomic mass is 9.83. The summed E-state index contributed by atoms with van der Waals surface area (Å²) in [6, 6.07) is -0.874. The molecule has 1 fully saturated rings. The minimum absolute atomic E-state index is 0.185. The summed E-state index contributed by atoms with van der Waals surface area (Å²) >= 11 is 0. The van der Waals surface area contributed by atoms with Gasteiger partial charge in [-0.2, -0.15) is 0 Å². The summed E-state index contributed by atoms with van der Waals surface area (Å²) in [5, 5.41) is 29.7. The van der Waals surface area contributed by atoms with Gasteiger partial charge in [-0.3, -0.25) is 9.59 Å². The molecule has 0 amide bonds. The van der Waals surface area contributed by atoms with E-state index >= 15 is 0 Å². The predicted molar refractivity (Wildman–Crippen MR) is 78.4 cm³/mol. The Balaban J connectivity index is 2.83. The average molecular weight is 311 g/mol. The van der Waals surface area contributed by atoms with E-state index in [1.54, 1.807) is 6.08 Å². The molecule has 7 nitrogen and oxygen atoms in total. The average Bonchev–Trinajstić information content (AvgIpc) is 2.81. The lowest BCUT2D eigenvalue weighted by Crippen LogP contribution is -2.36. The van der Waals surface area contributed by atoms with Crippen LogP contribution in [0.2, 0.25) is 0 Å². The minimum Gasteiger partial charge on any atom is -0.481 e. The third-order valence-electron chi connectivity index (χ3n) is 3.97. The van der Waals surface area contributed by atoms with Crippen molar-refractivity contribution in [2.75, 3.05) is 6.54 Å². The van der Waals surface area contributed by atoms with Gasteiger partial charge in [0.2, 0.25) is 0 Å². The van der Waals surface area contributed by atoms with Gasteiger partial charge < -0.3 is 20.6 Å². The van der Waals surface area contributed by atoms with E-state index in [4.69, 9.17) is 15.3 Å². The number of aliphatic carboxylic acids is 3. The molecule has 122 valence electrons. The van der Waals surface area contributed by atoms with Crippen molar-refractivity contribution in [2.45, 2.75) is 32.7 Å². The fourth-order valence-corrected chi connectivity index (χ4v) is 2.68. The fraction of sp³-hybridized carbons (Fsp3) is 0.533. The van der Waals surface area contributed by atoms with Crippen LogP contribution in [0.1, 0.15) is 26.7 Å². The number of hydrogen-bond acceptors (Lipinski definition) is 4. The number of rotatable bonds is 7. The normalized spacial score (nSPS) is 26.0. The van der Waals surface area contributed by atoms with Crippen LogP contribution in [0.5, 0.6) is 0 Å². The van der Waals surface area contributed by atoms with E-state index in [1.165, 1.54) is 6.92 Å². The van der Waals surface area contributed by atoms with E-state index < -0.39 is 29.9 Å². The lowest BCUT2D eigenvalue weighted by Gasteiger charge is -2.20. The SMILES string of the molecule is C/C(=C/C/C=C(\C)C(=O)O)[C@@H]1CN[C@H](C(=O)O)[C@@H]1CC(=O)O. The van der Waals surface area contributed by atoms with Crippen molar-refractivity contribution in [3.8, 4) is 0 Å². The van der Waals surface area contributed by atoms with Gasteiger partial charge in [-0.15, -0.1) is 0 Å². The largest absolute Gasteiger partial charge is 0.481 e. The van der Waals surface area contributed by atoms with Gasteiger partial charge in [0.15, 0.2) is 0 Å². The van der Waals surface area contributed by atoms with Gasteiger partial charge in [-0.05, 0) is 26.2 Å². The Bertz CT molecular complexity index is 522. The first-order chi connectivity index (χ1) is 10.2. The van der Waals surface area contributed by atoms with Crippen LogP contribution in [0, 0.1) is 11.8 Å². The van der Waals surface area contributed by atoms with Crippen LogP contribution in [-0.2, 0) is 14.4 Å². The van der Waals surface area contributed by atoms with Crippen molar-refractivity contribution in [1.82, 2.24) is 5.32 Å². The monoisotopic (exact) mass is 311 g/mol. The number of hydrogen-bond donors (Lipinski definition) is 4. The van der Waals surface area contributed by atoms with Crippen LogP contribution < -0.4 is 5.32 Å². The molecule has 1 saturated heterocycles. The highest BCUT2D eigenvalue weighted by molar-refractivity contribution is 5.85. The van der Waals surface area contributed by atoms with E-state index in [9.17, 15) is 14.4 Å². The summed E-state index contributed by atoms with van der Waals surface area (Å²) in [5.41, 5.74) is 1.11. The smallest absolute Gasteiger partial charge is 0.330 e. The summed E-state index contributed by atoms with van der Waals surface area (Å²) in [7, 11) is 0. The van der Waals surface area contributed by atoms with Crippen molar-refractivity contribution < 1.29 is 29.7 Å². The van der Waals surface area contributed by atoms with Crippen LogP contribution in [0.15, 0.2) is 23.3 Å². The molecule has 3 atom stereocenters. The first kappa shape index (κ1) is 17.9. The highest BCUT2D eigenvalue weighted by Gasteiger charge is 2.41. The topological polar surface area (TPSA) is 124 Å². The molecule has 1 aliphatic rings. The Morgan fingerprint density at radius 2 is 1.77 bits per heavy atom. The lowest BCUT2D eigenvalue weighted by molar-refractivity contribution is -0.142. The second-order valence-corrected chi connectivity index (χ2v) is 5.47. The Morgan fingerprint density at radius 1 is 1.14 bits per heavy atom. The Hall–Kier alpha value is -2.15. The molecule has 4 N–H and O–H groups in total. The minimum atomic E-state index is -1.05. The molecule has 0 bridgehead atoms. The second-order valence-electron chi connectivity index (χ2n) is 5.47. The van der Waals surface area contributed by atoms with Gasteiger partial charge in [0.1, 0.15) is 6.04 Å². The van der Waals surface area contributed by atoms with E-state index in [-0.39, 0.29) is 17.9 Å². The zero-order valence-corrected chi connectivity index (χ0v) is 12.6. The van der Waals surface area contributed by atoms with Crippen LogP contribution >= 0.6 is 0 Å². The third kappa shape index (κ3) is 4.70. The first-order valence-corrected chi connectivity index (χ1v) is 6.98. The maximum absolute atomic E-state index is 11.2. The Labute approximate surface area is 128 Å². The molecule has 7 heteroatoms. The number of allylic oxidation sites excluding steroid dienone is 2. The molecule has 22 heavy (non-hydrogen) atoms. The number of carboxylic acid groups (broad SMARTS) is 3. The van der Waals surface area contributed by atoms with Gasteiger partial charge in [-0.1, -0.05) is 17.7 Å². The zero-order chi connectivity index (χ0) is 16.9. The molecule has 1 aliphatic heterocycles. The molecule has 0 aromatic carbocycles. The van der Waals surface area contributed by atoms with Crippen LogP contribution in [0.3, 0.4) is 0 Å². The van der Waals surface area contributed by atoms with E-state index in [0.717, 1.165) is 5.57 Å². The van der Waals surface area contributed by atoms with Crippen LogP contribution in [-0.4, -0.2) is 45.8 Å². The van der Waals surface area contributed by atoms with Gasteiger partial charge in [-0.25, -0.2) is 4.79 Å². The van der Waals surface area contributed by atoms with Gasteiger partial charge in [0.05, 0.1) is 6.42 Å². The molecule has 0 aromatic heterocycles. The second kappa shape index (κ2) is 7.74. The highest BCUT2D eigenvalue weighted by atomic mass is 16.4. The van der Waals surface area contributed by atoms with Crippen LogP contribution in [0.4, 0.5) is 0 Å². The van der Waals surface area contributed by atoms with Gasteiger partial charge >= 0.3 is 17.9 Å². The molecular weight excluding hydrogens is 290 g/mol. The summed E-state index contributed by atoms with van der Waals surface area (Å²) in [4.78, 5) is 32.8. The van der Waals surface area contributed by atoms with Crippen molar-refractivity contribution in [1.29, 1.82) is 0 Å². The molecular formula is C15H21NO6. The van der Waals surface area contributed by atoms with Crippen molar-refractivity contribution >= 4 is 17.9 Å². The fourth-order valence-electron chi connectivity index (χ4n) is 2.68. The molecule has 1 heterocycles. The maximum atomic E-state index is 11.2. The maximum Gasteiger partial charge on any atom is 0.330 e. The molecule has 0 spiro atoms. The number of carboxylic acids is 3. The van der Waals surface area contributed by atoms with E-state index in [0.29, 0.717) is 13.0 Å². The summed E-state index contributed by atoms with van der Waals surface area (Å²) in [5.74, 6) is -3.77. The Kier molecular flexibility index (Phi) is 6.30. The summed E-state index contributed by atoms with van der Waals surface area (Å²) < 4.78 is 0. The van der Waals surface area contributed by atoms with E-state index in [2.05, 4.69) is 5.32 Å². The standard InChI is InChI=1S/C15H21NO6/c1-8(4-3-5-9(2)14(19)20)11-7-16-13(15(21)22)10(11)6-12(17)18/h4-5,10-11,13,16H,3,6-7H2,1-2H3,(H,17,18)(H,19,20)(H,21,22)/b8-4-,9-5+/t10-,11+,13+/m1/s1. The predicted octanol–water partition coefficient (Wildman–Crippen LogP) is 1.12. The molecule has 0 aromatic rings.